The molecular weight excluding hydrogens is 322 g/mol. The summed E-state index contributed by atoms with van der Waals surface area (Å²) in [5, 5.41) is 3.57. The summed E-state index contributed by atoms with van der Waals surface area (Å²) < 4.78 is 11.0. The van der Waals surface area contributed by atoms with Crippen LogP contribution in [0.15, 0.2) is 78.9 Å². The van der Waals surface area contributed by atoms with Crippen molar-refractivity contribution in [1.29, 1.82) is 0 Å². The van der Waals surface area contributed by atoms with Crippen molar-refractivity contribution in [3.63, 3.8) is 0 Å². The molecule has 3 nitrogen and oxygen atoms in total. The topological polar surface area (TPSA) is 30.5 Å². The van der Waals surface area contributed by atoms with Gasteiger partial charge in [0, 0.05) is 12.5 Å². The van der Waals surface area contributed by atoms with E-state index in [0.717, 1.165) is 31.0 Å². The minimum absolute atomic E-state index is 0.313. The highest BCUT2D eigenvalue weighted by Crippen LogP contribution is 2.37. The number of nitrogens with one attached hydrogen (secondary N) is 1. The van der Waals surface area contributed by atoms with E-state index in [9.17, 15) is 0 Å². The molecule has 0 fully saturated rings. The van der Waals surface area contributed by atoms with Gasteiger partial charge in [-0.05, 0) is 41.8 Å². The van der Waals surface area contributed by atoms with E-state index in [-0.39, 0.29) is 0 Å². The summed E-state index contributed by atoms with van der Waals surface area (Å²) in [6.45, 7) is 2.15. The highest BCUT2D eigenvalue weighted by atomic mass is 16.7. The van der Waals surface area contributed by atoms with Crippen LogP contribution in [0.2, 0.25) is 0 Å². The van der Waals surface area contributed by atoms with Crippen LogP contribution in [0.5, 0.6) is 11.5 Å². The van der Waals surface area contributed by atoms with Crippen LogP contribution in [0.25, 0.3) is 0 Å². The molecule has 1 aliphatic rings. The smallest absolute Gasteiger partial charge is 0.231 e. The second-order valence-electron chi connectivity index (χ2n) is 6.53. The van der Waals surface area contributed by atoms with Gasteiger partial charge in [0.05, 0.1) is 0 Å². The second kappa shape index (κ2) is 8.07. The van der Waals surface area contributed by atoms with Crippen LogP contribution < -0.4 is 14.8 Å². The van der Waals surface area contributed by atoms with Crippen molar-refractivity contribution in [3.05, 3.63) is 95.6 Å². The molecule has 0 saturated heterocycles. The zero-order valence-corrected chi connectivity index (χ0v) is 14.7. The highest BCUT2D eigenvalue weighted by molar-refractivity contribution is 5.47. The maximum atomic E-state index is 5.57. The molecule has 1 atom stereocenters. The Hall–Kier alpha value is -2.78. The molecule has 3 aromatic rings. The number of rotatable bonds is 7. The molecule has 1 heterocycles. The van der Waals surface area contributed by atoms with Crippen molar-refractivity contribution in [2.75, 3.05) is 13.3 Å². The Morgan fingerprint density at radius 1 is 0.769 bits per heavy atom. The SMILES string of the molecule is c1ccc(CNCC[C@@H](c2ccccc2)c2ccc3c(c2)OCO3)cc1. The summed E-state index contributed by atoms with van der Waals surface area (Å²) in [5.41, 5.74) is 3.90. The highest BCUT2D eigenvalue weighted by Gasteiger charge is 2.19. The summed E-state index contributed by atoms with van der Waals surface area (Å²) in [6, 6.07) is 27.5. The lowest BCUT2D eigenvalue weighted by atomic mass is 9.88. The summed E-state index contributed by atoms with van der Waals surface area (Å²) in [6.07, 6.45) is 1.02. The summed E-state index contributed by atoms with van der Waals surface area (Å²) in [4.78, 5) is 0. The molecule has 0 saturated carbocycles. The van der Waals surface area contributed by atoms with Gasteiger partial charge >= 0.3 is 0 Å². The van der Waals surface area contributed by atoms with E-state index in [1.54, 1.807) is 0 Å². The minimum atomic E-state index is 0.313. The minimum Gasteiger partial charge on any atom is -0.454 e. The average molecular weight is 345 g/mol. The van der Waals surface area contributed by atoms with Crippen molar-refractivity contribution in [3.8, 4) is 11.5 Å². The maximum Gasteiger partial charge on any atom is 0.231 e. The van der Waals surface area contributed by atoms with Gasteiger partial charge < -0.3 is 14.8 Å². The van der Waals surface area contributed by atoms with E-state index in [1.165, 1.54) is 16.7 Å². The number of hydrogen-bond acceptors (Lipinski definition) is 3. The summed E-state index contributed by atoms with van der Waals surface area (Å²) >= 11 is 0. The van der Waals surface area contributed by atoms with Gasteiger partial charge in [-0.2, -0.15) is 0 Å². The van der Waals surface area contributed by atoms with Gasteiger partial charge in [0.15, 0.2) is 11.5 Å². The molecule has 3 aromatic carbocycles. The zero-order chi connectivity index (χ0) is 17.6. The summed E-state index contributed by atoms with van der Waals surface area (Å²) in [5.74, 6) is 2.01. The van der Waals surface area contributed by atoms with E-state index in [2.05, 4.69) is 78.1 Å². The molecule has 0 amide bonds. The largest absolute Gasteiger partial charge is 0.454 e. The van der Waals surface area contributed by atoms with Gasteiger partial charge in [-0.1, -0.05) is 66.7 Å². The van der Waals surface area contributed by atoms with Gasteiger partial charge in [0.1, 0.15) is 0 Å². The predicted molar refractivity (Wildman–Crippen MR) is 104 cm³/mol. The van der Waals surface area contributed by atoms with E-state index >= 15 is 0 Å². The Balaban J connectivity index is 1.47. The second-order valence-corrected chi connectivity index (χ2v) is 6.53. The Bertz CT molecular complexity index is 833. The molecule has 1 aliphatic heterocycles. The summed E-state index contributed by atoms with van der Waals surface area (Å²) in [7, 11) is 0. The van der Waals surface area contributed by atoms with E-state index < -0.39 is 0 Å². The lowest BCUT2D eigenvalue weighted by Crippen LogP contribution is -2.17. The first-order valence-corrected chi connectivity index (χ1v) is 9.09. The number of fused-ring (bicyclic) bond motifs is 1. The molecule has 0 spiro atoms. The van der Waals surface area contributed by atoms with Gasteiger partial charge in [-0.3, -0.25) is 0 Å². The Labute approximate surface area is 154 Å². The normalized spacial score (nSPS) is 13.5. The number of hydrogen-bond donors (Lipinski definition) is 1. The number of ether oxygens (including phenoxy) is 2. The van der Waals surface area contributed by atoms with Crippen LogP contribution in [-0.4, -0.2) is 13.3 Å². The fraction of sp³-hybridized carbons (Fsp3) is 0.217. The van der Waals surface area contributed by atoms with Crippen molar-refractivity contribution >= 4 is 0 Å². The molecule has 0 bridgehead atoms. The van der Waals surface area contributed by atoms with Crippen molar-refractivity contribution in [2.24, 2.45) is 0 Å². The number of benzene rings is 3. The maximum absolute atomic E-state index is 5.57. The first kappa shape index (κ1) is 16.7. The monoisotopic (exact) mass is 345 g/mol. The standard InChI is InChI=1S/C23H23NO2/c1-3-7-18(8-4-1)16-24-14-13-21(19-9-5-2-6-10-19)20-11-12-22-23(15-20)26-17-25-22/h1-12,15,21,24H,13-14,16-17H2/t21-/m0/s1. The van der Waals surface area contributed by atoms with E-state index in [1.807, 2.05) is 6.07 Å². The van der Waals surface area contributed by atoms with Crippen molar-refractivity contribution in [2.45, 2.75) is 18.9 Å². The molecule has 0 aliphatic carbocycles. The van der Waals surface area contributed by atoms with Crippen molar-refractivity contribution < 1.29 is 9.47 Å². The fourth-order valence-electron chi connectivity index (χ4n) is 3.42. The van der Waals surface area contributed by atoms with Gasteiger partial charge in [0.2, 0.25) is 6.79 Å². The van der Waals surface area contributed by atoms with Crippen LogP contribution in [0.4, 0.5) is 0 Å². The van der Waals surface area contributed by atoms with Crippen LogP contribution in [-0.2, 0) is 6.54 Å². The molecule has 132 valence electrons. The van der Waals surface area contributed by atoms with Crippen LogP contribution in [0.1, 0.15) is 29.0 Å². The molecule has 1 N–H and O–H groups in total. The molecule has 4 rings (SSSR count). The first-order chi connectivity index (χ1) is 12.9. The van der Waals surface area contributed by atoms with Crippen LogP contribution in [0, 0.1) is 0 Å². The third kappa shape index (κ3) is 3.89. The Kier molecular flexibility index (Phi) is 5.17. The molecule has 0 unspecified atom stereocenters. The fourth-order valence-corrected chi connectivity index (χ4v) is 3.42. The predicted octanol–water partition coefficient (Wildman–Crippen LogP) is 4.73. The lowest BCUT2D eigenvalue weighted by molar-refractivity contribution is 0.174. The van der Waals surface area contributed by atoms with Gasteiger partial charge in [0.25, 0.3) is 0 Å². The third-order valence-corrected chi connectivity index (χ3v) is 4.78. The molecule has 26 heavy (non-hydrogen) atoms. The molecular formula is C23H23NO2. The van der Waals surface area contributed by atoms with E-state index in [4.69, 9.17) is 9.47 Å². The molecule has 3 heteroatoms. The van der Waals surface area contributed by atoms with E-state index in [0.29, 0.717) is 12.7 Å². The molecule has 0 radical (unpaired) electrons. The molecule has 0 aromatic heterocycles. The average Bonchev–Trinajstić information content (AvgIpc) is 3.17. The zero-order valence-electron chi connectivity index (χ0n) is 14.7. The Morgan fingerprint density at radius 3 is 2.31 bits per heavy atom. The Morgan fingerprint density at radius 2 is 1.50 bits per heavy atom. The van der Waals surface area contributed by atoms with Crippen LogP contribution >= 0.6 is 0 Å². The lowest BCUT2D eigenvalue weighted by Gasteiger charge is -2.19. The van der Waals surface area contributed by atoms with Crippen LogP contribution in [0.3, 0.4) is 0 Å². The third-order valence-electron chi connectivity index (χ3n) is 4.78. The quantitative estimate of drug-likeness (QED) is 0.628. The van der Waals surface area contributed by atoms with Crippen molar-refractivity contribution in [1.82, 2.24) is 5.32 Å². The first-order valence-electron chi connectivity index (χ1n) is 9.09. The van der Waals surface area contributed by atoms with Gasteiger partial charge in [-0.15, -0.1) is 0 Å². The van der Waals surface area contributed by atoms with Gasteiger partial charge in [-0.25, -0.2) is 0 Å².